The lowest BCUT2D eigenvalue weighted by molar-refractivity contribution is 0.0700. The number of hydrogen-bond donors (Lipinski definition) is 3. The van der Waals surface area contributed by atoms with E-state index in [9.17, 15) is 9.90 Å². The van der Waals surface area contributed by atoms with E-state index in [0.29, 0.717) is 35.2 Å². The first kappa shape index (κ1) is 23.7. The van der Waals surface area contributed by atoms with Crippen LogP contribution in [0.4, 0.5) is 5.82 Å². The minimum Gasteiger partial charge on any atom is -0.384 e. The first-order chi connectivity index (χ1) is 16.0. The number of aliphatic hydroxyl groups is 1. The van der Waals surface area contributed by atoms with Gasteiger partial charge in [-0.3, -0.25) is 14.5 Å². The summed E-state index contributed by atoms with van der Waals surface area (Å²) in [6.07, 6.45) is 3.27. The standard InChI is InChI=1S/C25H27ClN6O2/c1-14-7-22(27)30-15(2)19(14)11-29-24(33)20-13-32(31-23(20)25(3,4)34)12-16-5-6-21-17(8-16)9-18(26)10-28-21/h5-10,13,34H,11-12H2,1-4H3,(H2,27,30)(H,29,33). The summed E-state index contributed by atoms with van der Waals surface area (Å²) in [4.78, 5) is 21.7. The Hall–Kier alpha value is -3.49. The molecule has 0 aliphatic rings. The predicted molar refractivity (Wildman–Crippen MR) is 133 cm³/mol. The summed E-state index contributed by atoms with van der Waals surface area (Å²) in [6, 6.07) is 9.49. The van der Waals surface area contributed by atoms with Gasteiger partial charge in [-0.15, -0.1) is 0 Å². The van der Waals surface area contributed by atoms with Crippen molar-refractivity contribution in [3.05, 3.63) is 81.4 Å². The van der Waals surface area contributed by atoms with Crippen LogP contribution >= 0.6 is 11.6 Å². The SMILES string of the molecule is Cc1cc(N)nc(C)c1CNC(=O)c1cn(Cc2ccc3ncc(Cl)cc3c2)nc1C(C)(C)O. The number of amides is 1. The van der Waals surface area contributed by atoms with Gasteiger partial charge in [0.25, 0.3) is 5.91 Å². The summed E-state index contributed by atoms with van der Waals surface area (Å²) in [6.45, 7) is 7.71. The van der Waals surface area contributed by atoms with Crippen LogP contribution < -0.4 is 11.1 Å². The van der Waals surface area contributed by atoms with Gasteiger partial charge in [-0.1, -0.05) is 17.7 Å². The van der Waals surface area contributed by atoms with E-state index < -0.39 is 5.60 Å². The zero-order chi connectivity index (χ0) is 24.6. The summed E-state index contributed by atoms with van der Waals surface area (Å²) in [5.74, 6) is 0.121. The number of halogens is 1. The molecule has 9 heteroatoms. The Balaban J connectivity index is 1.59. The Labute approximate surface area is 202 Å². The van der Waals surface area contributed by atoms with Crippen LogP contribution in [0.25, 0.3) is 10.9 Å². The maximum absolute atomic E-state index is 13.1. The molecular weight excluding hydrogens is 452 g/mol. The molecule has 0 unspecified atom stereocenters. The van der Waals surface area contributed by atoms with E-state index in [4.69, 9.17) is 17.3 Å². The molecule has 0 saturated carbocycles. The number of hydrogen-bond acceptors (Lipinski definition) is 6. The zero-order valence-corrected chi connectivity index (χ0v) is 20.3. The first-order valence-electron chi connectivity index (χ1n) is 10.9. The van der Waals surface area contributed by atoms with Crippen molar-refractivity contribution in [3.8, 4) is 0 Å². The molecule has 1 amide bonds. The lowest BCUT2D eigenvalue weighted by Gasteiger charge is -2.16. The number of rotatable bonds is 6. The molecule has 3 heterocycles. The number of aromatic nitrogens is 4. The normalized spacial score (nSPS) is 11.7. The van der Waals surface area contributed by atoms with Gasteiger partial charge in [0.2, 0.25) is 0 Å². The van der Waals surface area contributed by atoms with Gasteiger partial charge >= 0.3 is 0 Å². The van der Waals surface area contributed by atoms with Crippen molar-refractivity contribution in [3.63, 3.8) is 0 Å². The van der Waals surface area contributed by atoms with Gasteiger partial charge < -0.3 is 16.2 Å². The molecule has 0 radical (unpaired) electrons. The molecular formula is C25H27ClN6O2. The molecule has 3 aromatic heterocycles. The average molecular weight is 479 g/mol. The Morgan fingerprint density at radius 2 is 2.00 bits per heavy atom. The fourth-order valence-electron chi connectivity index (χ4n) is 3.98. The van der Waals surface area contributed by atoms with Crippen molar-refractivity contribution in [1.29, 1.82) is 0 Å². The number of nitrogens with one attached hydrogen (secondary N) is 1. The molecule has 8 nitrogen and oxygen atoms in total. The first-order valence-corrected chi connectivity index (χ1v) is 11.2. The fourth-order valence-corrected chi connectivity index (χ4v) is 4.15. The second-order valence-corrected chi connectivity index (χ2v) is 9.38. The number of nitrogens with two attached hydrogens (primary N) is 1. The molecule has 0 aliphatic carbocycles. The van der Waals surface area contributed by atoms with Crippen LogP contribution in [0.2, 0.25) is 5.02 Å². The van der Waals surface area contributed by atoms with E-state index in [1.165, 1.54) is 0 Å². The second kappa shape index (κ2) is 9.04. The van der Waals surface area contributed by atoms with Crippen LogP contribution in [0.5, 0.6) is 0 Å². The van der Waals surface area contributed by atoms with Crippen molar-refractivity contribution < 1.29 is 9.90 Å². The van der Waals surface area contributed by atoms with Crippen molar-refractivity contribution in [2.45, 2.75) is 46.4 Å². The number of aryl methyl sites for hydroxylation is 2. The maximum atomic E-state index is 13.1. The number of fused-ring (bicyclic) bond motifs is 1. The molecule has 176 valence electrons. The minimum atomic E-state index is -1.30. The highest BCUT2D eigenvalue weighted by atomic mass is 35.5. The molecule has 1 aromatic carbocycles. The summed E-state index contributed by atoms with van der Waals surface area (Å²) in [7, 11) is 0. The second-order valence-electron chi connectivity index (χ2n) is 8.94. The summed E-state index contributed by atoms with van der Waals surface area (Å²) in [5.41, 5.74) is 9.55. The largest absolute Gasteiger partial charge is 0.384 e. The van der Waals surface area contributed by atoms with E-state index >= 15 is 0 Å². The van der Waals surface area contributed by atoms with Gasteiger partial charge in [0.1, 0.15) is 17.1 Å². The Morgan fingerprint density at radius 3 is 2.71 bits per heavy atom. The smallest absolute Gasteiger partial charge is 0.255 e. The Bertz CT molecular complexity index is 1370. The lowest BCUT2D eigenvalue weighted by Crippen LogP contribution is -2.28. The topological polar surface area (TPSA) is 119 Å². The van der Waals surface area contributed by atoms with Crippen LogP contribution in [0.1, 0.15) is 52.3 Å². The number of anilines is 1. The highest BCUT2D eigenvalue weighted by molar-refractivity contribution is 6.31. The van der Waals surface area contributed by atoms with E-state index in [-0.39, 0.29) is 5.91 Å². The Morgan fingerprint density at radius 1 is 1.24 bits per heavy atom. The van der Waals surface area contributed by atoms with E-state index in [2.05, 4.69) is 20.4 Å². The van der Waals surface area contributed by atoms with Gasteiger partial charge in [0, 0.05) is 30.0 Å². The number of nitrogen functional groups attached to an aromatic ring is 1. The minimum absolute atomic E-state index is 0.290. The summed E-state index contributed by atoms with van der Waals surface area (Å²) in [5, 5.41) is 19.6. The molecule has 0 aliphatic heterocycles. The molecule has 4 aromatic rings. The van der Waals surface area contributed by atoms with Crippen LogP contribution in [0, 0.1) is 13.8 Å². The van der Waals surface area contributed by atoms with Crippen LogP contribution in [0.3, 0.4) is 0 Å². The molecule has 4 rings (SSSR count). The lowest BCUT2D eigenvalue weighted by atomic mass is 10.0. The summed E-state index contributed by atoms with van der Waals surface area (Å²) >= 11 is 6.08. The molecule has 0 atom stereocenters. The van der Waals surface area contributed by atoms with E-state index in [0.717, 1.165) is 33.3 Å². The number of nitrogens with zero attached hydrogens (tertiary/aromatic N) is 4. The number of carbonyl (C=O) groups is 1. The van der Waals surface area contributed by atoms with Gasteiger partial charge in [0.15, 0.2) is 0 Å². The number of carbonyl (C=O) groups excluding carboxylic acids is 1. The van der Waals surface area contributed by atoms with Gasteiger partial charge in [-0.25, -0.2) is 4.98 Å². The van der Waals surface area contributed by atoms with Gasteiger partial charge in [-0.2, -0.15) is 5.10 Å². The Kier molecular flexibility index (Phi) is 6.29. The fraction of sp³-hybridized carbons (Fsp3) is 0.280. The van der Waals surface area contributed by atoms with Crippen molar-refractivity contribution >= 4 is 34.2 Å². The molecule has 34 heavy (non-hydrogen) atoms. The van der Waals surface area contributed by atoms with Crippen LogP contribution in [0.15, 0.2) is 42.7 Å². The summed E-state index contributed by atoms with van der Waals surface area (Å²) < 4.78 is 1.66. The molecule has 4 N–H and O–H groups in total. The molecule has 0 saturated heterocycles. The quantitative estimate of drug-likeness (QED) is 0.387. The van der Waals surface area contributed by atoms with Gasteiger partial charge in [0.05, 0.1) is 22.6 Å². The molecule has 0 spiro atoms. The van der Waals surface area contributed by atoms with Crippen LogP contribution in [-0.4, -0.2) is 30.8 Å². The number of pyridine rings is 2. The molecule has 0 fully saturated rings. The third-order valence-corrected chi connectivity index (χ3v) is 5.85. The molecule has 0 bridgehead atoms. The monoisotopic (exact) mass is 478 g/mol. The van der Waals surface area contributed by atoms with E-state index in [1.54, 1.807) is 37.0 Å². The highest BCUT2D eigenvalue weighted by Gasteiger charge is 2.28. The predicted octanol–water partition coefficient (Wildman–Crippen LogP) is 3.88. The van der Waals surface area contributed by atoms with E-state index in [1.807, 2.05) is 38.1 Å². The zero-order valence-electron chi connectivity index (χ0n) is 19.6. The van der Waals surface area contributed by atoms with Crippen molar-refractivity contribution in [1.82, 2.24) is 25.1 Å². The van der Waals surface area contributed by atoms with Crippen molar-refractivity contribution in [2.24, 2.45) is 0 Å². The maximum Gasteiger partial charge on any atom is 0.255 e. The average Bonchev–Trinajstić information content (AvgIpc) is 3.17. The third kappa shape index (κ3) is 5.03. The third-order valence-electron chi connectivity index (χ3n) is 5.64. The van der Waals surface area contributed by atoms with Crippen molar-refractivity contribution in [2.75, 3.05) is 5.73 Å². The van der Waals surface area contributed by atoms with Crippen LogP contribution in [-0.2, 0) is 18.7 Å². The van der Waals surface area contributed by atoms with Gasteiger partial charge in [-0.05, 0) is 68.7 Å². The number of benzene rings is 1. The highest BCUT2D eigenvalue weighted by Crippen LogP contribution is 2.24.